The van der Waals surface area contributed by atoms with Crippen molar-refractivity contribution in [3.8, 4) is 0 Å². The number of carboxylic acid groups (broad SMARTS) is 1. The lowest BCUT2D eigenvalue weighted by Gasteiger charge is -2.30. The highest BCUT2D eigenvalue weighted by molar-refractivity contribution is 5.79. The van der Waals surface area contributed by atoms with Gasteiger partial charge < -0.3 is 5.11 Å². The average molecular weight is 224 g/mol. The summed E-state index contributed by atoms with van der Waals surface area (Å²) >= 11 is 0. The second kappa shape index (κ2) is 3.32. The van der Waals surface area contributed by atoms with Crippen LogP contribution in [0.3, 0.4) is 0 Å². The van der Waals surface area contributed by atoms with Crippen molar-refractivity contribution in [1.29, 1.82) is 0 Å². The summed E-state index contributed by atoms with van der Waals surface area (Å²) in [4.78, 5) is 9.99. The lowest BCUT2D eigenvalue weighted by Crippen LogP contribution is -2.58. The smallest absolute Gasteiger partial charge is 0.457 e. The van der Waals surface area contributed by atoms with E-state index in [4.69, 9.17) is 5.11 Å². The van der Waals surface area contributed by atoms with E-state index < -0.39 is 30.2 Å². The van der Waals surface area contributed by atoms with Crippen molar-refractivity contribution in [3.63, 3.8) is 0 Å². The van der Waals surface area contributed by atoms with Crippen molar-refractivity contribution in [3.05, 3.63) is 0 Å². The maximum atomic E-state index is 12.8. The molecule has 0 aliphatic rings. The molecule has 0 fully saturated rings. The SMILES string of the molecule is CCC(F)(C(=O)O)C(F)(F)C(F)(F)F. The molecule has 1 unspecified atom stereocenters. The molecule has 0 amide bonds. The fourth-order valence-electron chi connectivity index (χ4n) is 0.732. The summed E-state index contributed by atoms with van der Waals surface area (Å²) in [5, 5.41) is 7.98. The van der Waals surface area contributed by atoms with Crippen molar-refractivity contribution < 1.29 is 36.2 Å². The molecule has 0 aromatic heterocycles. The van der Waals surface area contributed by atoms with E-state index in [-0.39, 0.29) is 0 Å². The number of halogens is 6. The first kappa shape index (κ1) is 13.0. The van der Waals surface area contributed by atoms with Gasteiger partial charge in [-0.3, -0.25) is 0 Å². The molecule has 8 heteroatoms. The number of alkyl halides is 6. The molecular weight excluding hydrogens is 218 g/mol. The van der Waals surface area contributed by atoms with Crippen LogP contribution < -0.4 is 0 Å². The van der Waals surface area contributed by atoms with Crippen LogP contribution in [0.25, 0.3) is 0 Å². The molecule has 0 heterocycles. The predicted octanol–water partition coefficient (Wildman–Crippen LogP) is 2.39. The molecule has 0 radical (unpaired) electrons. The minimum Gasteiger partial charge on any atom is -0.479 e. The molecule has 0 saturated heterocycles. The van der Waals surface area contributed by atoms with Crippen LogP contribution in [-0.4, -0.2) is 28.8 Å². The minimum absolute atomic E-state index is 0.591. The molecule has 0 aliphatic carbocycles. The number of hydrogen-bond donors (Lipinski definition) is 1. The zero-order chi connectivity index (χ0) is 11.8. The number of rotatable bonds is 3. The van der Waals surface area contributed by atoms with E-state index in [1.165, 1.54) is 0 Å². The summed E-state index contributed by atoms with van der Waals surface area (Å²) in [7, 11) is 0. The first-order valence-electron chi connectivity index (χ1n) is 3.37. The minimum atomic E-state index is -6.23. The van der Waals surface area contributed by atoms with Crippen molar-refractivity contribution in [1.82, 2.24) is 0 Å². The lowest BCUT2D eigenvalue weighted by atomic mass is 9.94. The van der Waals surface area contributed by atoms with Gasteiger partial charge in [0.25, 0.3) is 5.67 Å². The quantitative estimate of drug-likeness (QED) is 0.747. The fraction of sp³-hybridized carbons (Fsp3) is 0.833. The molecule has 1 N–H and O–H groups in total. The Kier molecular flexibility index (Phi) is 3.10. The van der Waals surface area contributed by atoms with Gasteiger partial charge in [0.05, 0.1) is 0 Å². The molecule has 0 aromatic rings. The van der Waals surface area contributed by atoms with Gasteiger partial charge in [-0.05, 0) is 6.42 Å². The summed E-state index contributed by atoms with van der Waals surface area (Å²) in [5.74, 6) is -8.73. The van der Waals surface area contributed by atoms with Crippen LogP contribution in [0.15, 0.2) is 0 Å². The van der Waals surface area contributed by atoms with Gasteiger partial charge in [-0.15, -0.1) is 0 Å². The molecule has 0 aliphatic heterocycles. The highest BCUT2D eigenvalue weighted by Crippen LogP contribution is 2.47. The summed E-state index contributed by atoms with van der Waals surface area (Å²) in [6.45, 7) is 0.591. The summed E-state index contributed by atoms with van der Waals surface area (Å²) < 4.78 is 72.4. The summed E-state index contributed by atoms with van der Waals surface area (Å²) in [6.07, 6.45) is -7.70. The second-order valence-electron chi connectivity index (χ2n) is 2.53. The van der Waals surface area contributed by atoms with E-state index in [0.29, 0.717) is 6.92 Å². The third kappa shape index (κ3) is 1.64. The van der Waals surface area contributed by atoms with E-state index in [0.717, 1.165) is 0 Å². The lowest BCUT2D eigenvalue weighted by molar-refractivity contribution is -0.324. The highest BCUT2D eigenvalue weighted by atomic mass is 19.4. The first-order valence-corrected chi connectivity index (χ1v) is 3.37. The molecule has 0 rings (SSSR count). The Labute approximate surface area is 74.5 Å². The Morgan fingerprint density at radius 2 is 1.50 bits per heavy atom. The molecule has 14 heavy (non-hydrogen) atoms. The van der Waals surface area contributed by atoms with Crippen LogP contribution in [0.2, 0.25) is 0 Å². The molecule has 0 saturated carbocycles. The molecular formula is C6H6F6O2. The van der Waals surface area contributed by atoms with E-state index in [1.807, 2.05) is 0 Å². The van der Waals surface area contributed by atoms with Crippen molar-refractivity contribution in [2.75, 3.05) is 0 Å². The van der Waals surface area contributed by atoms with Crippen LogP contribution >= 0.6 is 0 Å². The zero-order valence-electron chi connectivity index (χ0n) is 6.83. The summed E-state index contributed by atoms with van der Waals surface area (Å²) in [5.41, 5.74) is -4.62. The van der Waals surface area contributed by atoms with E-state index in [1.54, 1.807) is 0 Å². The van der Waals surface area contributed by atoms with Crippen molar-refractivity contribution >= 4 is 5.97 Å². The molecule has 0 bridgehead atoms. The topological polar surface area (TPSA) is 37.3 Å². The Morgan fingerprint density at radius 1 is 1.14 bits per heavy atom. The molecule has 1 atom stereocenters. The predicted molar refractivity (Wildman–Crippen MR) is 32.8 cm³/mol. The fourth-order valence-corrected chi connectivity index (χ4v) is 0.732. The zero-order valence-corrected chi connectivity index (χ0v) is 6.83. The van der Waals surface area contributed by atoms with Gasteiger partial charge >= 0.3 is 18.1 Å². The number of aliphatic carboxylic acids is 1. The largest absolute Gasteiger partial charge is 0.479 e. The van der Waals surface area contributed by atoms with E-state index in [9.17, 15) is 31.1 Å². The van der Waals surface area contributed by atoms with E-state index in [2.05, 4.69) is 0 Å². The molecule has 84 valence electrons. The van der Waals surface area contributed by atoms with Gasteiger partial charge in [-0.1, -0.05) is 6.92 Å². The number of carboxylic acids is 1. The van der Waals surface area contributed by atoms with Crippen LogP contribution in [-0.2, 0) is 4.79 Å². The van der Waals surface area contributed by atoms with Crippen LogP contribution in [0.4, 0.5) is 26.3 Å². The maximum Gasteiger partial charge on any atom is 0.457 e. The number of carbonyl (C=O) groups is 1. The van der Waals surface area contributed by atoms with Gasteiger partial charge in [0.2, 0.25) is 0 Å². The Hall–Kier alpha value is -0.950. The van der Waals surface area contributed by atoms with Crippen molar-refractivity contribution in [2.24, 2.45) is 0 Å². The normalized spacial score (nSPS) is 17.6. The van der Waals surface area contributed by atoms with Crippen LogP contribution in [0.5, 0.6) is 0 Å². The van der Waals surface area contributed by atoms with Crippen LogP contribution in [0, 0.1) is 0 Å². The van der Waals surface area contributed by atoms with E-state index >= 15 is 0 Å². The standard InChI is InChI=1S/C6H6F6O2/c1-2-4(7,3(13)14)5(8,9)6(10,11)12/h2H2,1H3,(H,13,14). The highest BCUT2D eigenvalue weighted by Gasteiger charge is 2.74. The Bertz CT molecular complexity index is 235. The van der Waals surface area contributed by atoms with Gasteiger partial charge in [0, 0.05) is 0 Å². The van der Waals surface area contributed by atoms with Gasteiger partial charge in [-0.2, -0.15) is 22.0 Å². The maximum absolute atomic E-state index is 12.8. The third-order valence-corrected chi connectivity index (χ3v) is 1.68. The average Bonchev–Trinajstić information content (AvgIpc) is 2.00. The number of hydrogen-bond acceptors (Lipinski definition) is 1. The second-order valence-corrected chi connectivity index (χ2v) is 2.53. The third-order valence-electron chi connectivity index (χ3n) is 1.68. The Balaban J connectivity index is 5.34. The van der Waals surface area contributed by atoms with Gasteiger partial charge in [-0.25, -0.2) is 9.18 Å². The molecule has 0 aromatic carbocycles. The molecule has 0 spiro atoms. The van der Waals surface area contributed by atoms with Gasteiger partial charge in [0.1, 0.15) is 0 Å². The Morgan fingerprint density at radius 3 is 1.57 bits per heavy atom. The monoisotopic (exact) mass is 224 g/mol. The summed E-state index contributed by atoms with van der Waals surface area (Å²) in [6, 6.07) is 0. The molecule has 2 nitrogen and oxygen atoms in total. The van der Waals surface area contributed by atoms with Crippen molar-refractivity contribution in [2.45, 2.75) is 31.1 Å². The first-order chi connectivity index (χ1) is 6.00. The van der Waals surface area contributed by atoms with Gasteiger partial charge in [0.15, 0.2) is 0 Å². The van der Waals surface area contributed by atoms with Crippen LogP contribution in [0.1, 0.15) is 13.3 Å².